The lowest BCUT2D eigenvalue weighted by molar-refractivity contribution is -0.136. The Kier molecular flexibility index (Phi) is 3.98. The van der Waals surface area contributed by atoms with Gasteiger partial charge in [0.1, 0.15) is 0 Å². The molecule has 2 aromatic rings. The number of aromatic nitrogens is 1. The summed E-state index contributed by atoms with van der Waals surface area (Å²) in [6.07, 6.45) is 0.761. The summed E-state index contributed by atoms with van der Waals surface area (Å²) in [5.74, 6) is -0.749. The van der Waals surface area contributed by atoms with Gasteiger partial charge in [0.2, 0.25) is 0 Å². The molecular formula is C17H21NO2. The van der Waals surface area contributed by atoms with E-state index in [4.69, 9.17) is 5.11 Å². The number of hydrogen-bond donors (Lipinski definition) is 1. The molecule has 0 radical (unpaired) electrons. The number of benzene rings is 1. The van der Waals surface area contributed by atoms with Gasteiger partial charge >= 0.3 is 5.97 Å². The van der Waals surface area contributed by atoms with Crippen LogP contribution in [0.5, 0.6) is 0 Å². The molecule has 0 aliphatic rings. The first-order valence-corrected chi connectivity index (χ1v) is 6.87. The van der Waals surface area contributed by atoms with Crippen molar-refractivity contribution in [3.8, 4) is 5.69 Å². The van der Waals surface area contributed by atoms with E-state index in [1.807, 2.05) is 0 Å². The maximum atomic E-state index is 10.7. The van der Waals surface area contributed by atoms with E-state index < -0.39 is 5.97 Å². The van der Waals surface area contributed by atoms with Gasteiger partial charge in [0.25, 0.3) is 0 Å². The van der Waals surface area contributed by atoms with Crippen molar-refractivity contribution in [3.63, 3.8) is 0 Å². The second-order valence-corrected chi connectivity index (χ2v) is 5.42. The standard InChI is InChI=1S/C17H21NO2/c1-11-5-6-12(2)16(9-11)18-13(3)10-15(14(18)4)7-8-17(19)20/h5-6,9-10H,7-8H2,1-4H3,(H,19,20). The van der Waals surface area contributed by atoms with Crippen LogP contribution in [0.4, 0.5) is 0 Å². The number of aryl methyl sites for hydroxylation is 4. The molecule has 1 heterocycles. The highest BCUT2D eigenvalue weighted by Crippen LogP contribution is 2.24. The number of rotatable bonds is 4. The molecule has 0 aliphatic carbocycles. The normalized spacial score (nSPS) is 10.8. The molecule has 0 saturated carbocycles. The van der Waals surface area contributed by atoms with Crippen LogP contribution in [0.3, 0.4) is 0 Å². The van der Waals surface area contributed by atoms with E-state index in [1.165, 1.54) is 16.8 Å². The molecule has 0 spiro atoms. The maximum Gasteiger partial charge on any atom is 0.303 e. The van der Waals surface area contributed by atoms with Crippen molar-refractivity contribution in [2.24, 2.45) is 0 Å². The third-order valence-electron chi connectivity index (χ3n) is 3.75. The molecule has 0 amide bonds. The van der Waals surface area contributed by atoms with Gasteiger partial charge in [0.15, 0.2) is 0 Å². The van der Waals surface area contributed by atoms with Crippen LogP contribution in [-0.4, -0.2) is 15.6 Å². The number of hydrogen-bond acceptors (Lipinski definition) is 1. The molecule has 1 aromatic carbocycles. The Hall–Kier alpha value is -2.03. The Morgan fingerprint density at radius 3 is 2.50 bits per heavy atom. The number of carboxylic acid groups (broad SMARTS) is 1. The Morgan fingerprint density at radius 1 is 1.15 bits per heavy atom. The quantitative estimate of drug-likeness (QED) is 0.920. The predicted octanol–water partition coefficient (Wildman–Crippen LogP) is 3.73. The van der Waals surface area contributed by atoms with Crippen molar-refractivity contribution >= 4 is 5.97 Å². The van der Waals surface area contributed by atoms with Crippen LogP contribution in [0, 0.1) is 27.7 Å². The first-order chi connectivity index (χ1) is 9.40. The molecule has 2 rings (SSSR count). The summed E-state index contributed by atoms with van der Waals surface area (Å²) < 4.78 is 2.22. The topological polar surface area (TPSA) is 42.2 Å². The fourth-order valence-corrected chi connectivity index (χ4v) is 2.65. The zero-order valence-corrected chi connectivity index (χ0v) is 12.5. The van der Waals surface area contributed by atoms with Crippen LogP contribution < -0.4 is 0 Å². The monoisotopic (exact) mass is 271 g/mol. The van der Waals surface area contributed by atoms with E-state index in [0.717, 1.165) is 17.0 Å². The SMILES string of the molecule is Cc1ccc(C)c(-n2c(C)cc(CCC(=O)O)c2C)c1. The Morgan fingerprint density at radius 2 is 1.85 bits per heavy atom. The van der Waals surface area contributed by atoms with Gasteiger partial charge < -0.3 is 9.67 Å². The molecule has 3 heteroatoms. The van der Waals surface area contributed by atoms with Gasteiger partial charge in [-0.05, 0) is 62.9 Å². The number of aliphatic carboxylic acids is 1. The van der Waals surface area contributed by atoms with Crippen molar-refractivity contribution in [1.82, 2.24) is 4.57 Å². The molecule has 0 fully saturated rings. The highest BCUT2D eigenvalue weighted by molar-refractivity contribution is 5.67. The first kappa shape index (κ1) is 14.4. The summed E-state index contributed by atoms with van der Waals surface area (Å²) in [4.78, 5) is 10.7. The van der Waals surface area contributed by atoms with Gasteiger partial charge in [-0.2, -0.15) is 0 Å². The summed E-state index contributed by atoms with van der Waals surface area (Å²) >= 11 is 0. The summed E-state index contributed by atoms with van der Waals surface area (Å²) in [6.45, 7) is 8.32. The van der Waals surface area contributed by atoms with E-state index in [2.05, 4.69) is 56.5 Å². The molecule has 0 saturated heterocycles. The Bertz CT molecular complexity index is 653. The van der Waals surface area contributed by atoms with Gasteiger partial charge in [0, 0.05) is 23.5 Å². The van der Waals surface area contributed by atoms with Crippen LogP contribution in [0.25, 0.3) is 5.69 Å². The number of carboxylic acids is 1. The third-order valence-corrected chi connectivity index (χ3v) is 3.75. The smallest absolute Gasteiger partial charge is 0.303 e. The molecule has 106 valence electrons. The van der Waals surface area contributed by atoms with Crippen molar-refractivity contribution in [2.75, 3.05) is 0 Å². The van der Waals surface area contributed by atoms with Crippen molar-refractivity contribution in [1.29, 1.82) is 0 Å². The fourth-order valence-electron chi connectivity index (χ4n) is 2.65. The van der Waals surface area contributed by atoms with Gasteiger partial charge in [-0.1, -0.05) is 12.1 Å². The Labute approximate surface area is 119 Å². The summed E-state index contributed by atoms with van der Waals surface area (Å²) in [7, 11) is 0. The molecule has 0 unspecified atom stereocenters. The summed E-state index contributed by atoms with van der Waals surface area (Å²) in [5.41, 5.74) is 7.04. The lowest BCUT2D eigenvalue weighted by atomic mass is 10.1. The minimum absolute atomic E-state index is 0.178. The van der Waals surface area contributed by atoms with Crippen LogP contribution in [0.2, 0.25) is 0 Å². The lowest BCUT2D eigenvalue weighted by Gasteiger charge is -2.14. The molecule has 20 heavy (non-hydrogen) atoms. The van der Waals surface area contributed by atoms with Gasteiger partial charge in [0.05, 0.1) is 0 Å². The Balaban J connectivity index is 2.47. The second kappa shape index (κ2) is 5.53. The highest BCUT2D eigenvalue weighted by Gasteiger charge is 2.13. The average molecular weight is 271 g/mol. The summed E-state index contributed by atoms with van der Waals surface area (Å²) in [6, 6.07) is 8.51. The summed E-state index contributed by atoms with van der Waals surface area (Å²) in [5, 5.41) is 8.83. The van der Waals surface area contributed by atoms with Gasteiger partial charge in [-0.15, -0.1) is 0 Å². The molecule has 1 N–H and O–H groups in total. The molecule has 0 bridgehead atoms. The van der Waals surface area contributed by atoms with E-state index in [-0.39, 0.29) is 6.42 Å². The molecule has 0 atom stereocenters. The van der Waals surface area contributed by atoms with Crippen molar-refractivity contribution < 1.29 is 9.90 Å². The zero-order chi connectivity index (χ0) is 14.9. The molecule has 3 nitrogen and oxygen atoms in total. The fraction of sp³-hybridized carbons (Fsp3) is 0.353. The number of nitrogens with zero attached hydrogens (tertiary/aromatic N) is 1. The third kappa shape index (κ3) is 2.77. The minimum Gasteiger partial charge on any atom is -0.481 e. The minimum atomic E-state index is -0.749. The van der Waals surface area contributed by atoms with Gasteiger partial charge in [-0.3, -0.25) is 4.79 Å². The largest absolute Gasteiger partial charge is 0.481 e. The molecule has 1 aromatic heterocycles. The predicted molar refractivity (Wildman–Crippen MR) is 80.7 cm³/mol. The van der Waals surface area contributed by atoms with E-state index in [0.29, 0.717) is 6.42 Å². The van der Waals surface area contributed by atoms with Gasteiger partial charge in [-0.25, -0.2) is 0 Å². The lowest BCUT2D eigenvalue weighted by Crippen LogP contribution is -2.03. The van der Waals surface area contributed by atoms with E-state index in [9.17, 15) is 4.79 Å². The van der Waals surface area contributed by atoms with Crippen LogP contribution >= 0.6 is 0 Å². The van der Waals surface area contributed by atoms with Crippen molar-refractivity contribution in [3.05, 3.63) is 52.3 Å². The first-order valence-electron chi connectivity index (χ1n) is 6.87. The molecule has 0 aliphatic heterocycles. The van der Waals surface area contributed by atoms with E-state index in [1.54, 1.807) is 0 Å². The maximum absolute atomic E-state index is 10.7. The van der Waals surface area contributed by atoms with Crippen LogP contribution in [0.15, 0.2) is 24.3 Å². The highest BCUT2D eigenvalue weighted by atomic mass is 16.4. The zero-order valence-electron chi connectivity index (χ0n) is 12.5. The van der Waals surface area contributed by atoms with Crippen LogP contribution in [-0.2, 0) is 11.2 Å². The average Bonchev–Trinajstić information content (AvgIpc) is 2.65. The second-order valence-electron chi connectivity index (χ2n) is 5.42. The molecular weight excluding hydrogens is 250 g/mol. The van der Waals surface area contributed by atoms with Crippen LogP contribution in [0.1, 0.15) is 34.5 Å². The van der Waals surface area contributed by atoms with E-state index >= 15 is 0 Å². The number of carbonyl (C=O) groups is 1. The van der Waals surface area contributed by atoms with Crippen molar-refractivity contribution in [2.45, 2.75) is 40.5 Å².